The highest BCUT2D eigenvalue weighted by molar-refractivity contribution is 6.42. The van der Waals surface area contributed by atoms with Gasteiger partial charge in [0.05, 0.1) is 21.8 Å². The molecule has 0 aliphatic heterocycles. The Labute approximate surface area is 125 Å². The third-order valence-electron chi connectivity index (χ3n) is 2.47. The summed E-state index contributed by atoms with van der Waals surface area (Å²) in [5.74, 6) is -0.603. The van der Waals surface area contributed by atoms with E-state index in [0.717, 1.165) is 0 Å². The van der Waals surface area contributed by atoms with Crippen LogP contribution >= 0.6 is 23.2 Å². The third-order valence-corrected chi connectivity index (χ3v) is 3.21. The Kier molecular flexibility index (Phi) is 4.61. The number of phenols is 1. The fourth-order valence-electron chi connectivity index (χ4n) is 1.48. The summed E-state index contributed by atoms with van der Waals surface area (Å²) in [6.07, 6.45) is 1.43. The van der Waals surface area contributed by atoms with Crippen LogP contribution in [0.4, 0.5) is 0 Å². The summed E-state index contributed by atoms with van der Waals surface area (Å²) < 4.78 is 0. The Balaban J connectivity index is 2.05. The highest BCUT2D eigenvalue weighted by atomic mass is 35.5. The van der Waals surface area contributed by atoms with Crippen LogP contribution in [0.25, 0.3) is 0 Å². The Morgan fingerprint density at radius 2 is 1.90 bits per heavy atom. The van der Waals surface area contributed by atoms with Crippen molar-refractivity contribution in [1.82, 2.24) is 5.43 Å². The van der Waals surface area contributed by atoms with E-state index in [4.69, 9.17) is 23.2 Å². The van der Waals surface area contributed by atoms with Gasteiger partial charge in [-0.25, -0.2) is 5.43 Å². The van der Waals surface area contributed by atoms with Crippen LogP contribution in [0.1, 0.15) is 15.9 Å². The number of phenolic OH excluding ortho intramolecular Hbond substituents is 1. The molecule has 2 N–H and O–H groups in total. The SMILES string of the molecule is O=C(N/N=C/c1ccc(Cl)c(Cl)c1)c1ccccc1O. The highest BCUT2D eigenvalue weighted by Gasteiger charge is 2.08. The fourth-order valence-corrected chi connectivity index (χ4v) is 1.79. The number of carbonyl (C=O) groups is 1. The lowest BCUT2D eigenvalue weighted by molar-refractivity contribution is 0.0952. The zero-order valence-electron chi connectivity index (χ0n) is 10.2. The van der Waals surface area contributed by atoms with Gasteiger partial charge in [-0.05, 0) is 29.8 Å². The van der Waals surface area contributed by atoms with Crippen molar-refractivity contribution < 1.29 is 9.90 Å². The number of hydrogen-bond donors (Lipinski definition) is 2. The molecule has 0 aromatic heterocycles. The normalized spacial score (nSPS) is 10.7. The van der Waals surface area contributed by atoms with Crippen molar-refractivity contribution in [3.05, 3.63) is 63.6 Å². The maximum atomic E-state index is 11.7. The molecular weight excluding hydrogens is 299 g/mol. The van der Waals surface area contributed by atoms with Gasteiger partial charge in [0.2, 0.25) is 0 Å². The summed E-state index contributed by atoms with van der Waals surface area (Å²) in [6.45, 7) is 0. The minimum absolute atomic E-state index is 0.102. The molecule has 0 atom stereocenters. The molecule has 0 bridgehead atoms. The maximum Gasteiger partial charge on any atom is 0.275 e. The molecule has 102 valence electrons. The van der Waals surface area contributed by atoms with Crippen molar-refractivity contribution in [2.75, 3.05) is 0 Å². The van der Waals surface area contributed by atoms with E-state index in [1.807, 2.05) is 0 Å². The first kappa shape index (κ1) is 14.4. The van der Waals surface area contributed by atoms with Gasteiger partial charge < -0.3 is 5.11 Å². The average Bonchev–Trinajstić information content (AvgIpc) is 2.43. The molecule has 2 aromatic rings. The summed E-state index contributed by atoms with van der Waals surface area (Å²) in [4.78, 5) is 11.7. The lowest BCUT2D eigenvalue weighted by Crippen LogP contribution is -2.17. The summed E-state index contributed by atoms with van der Waals surface area (Å²) in [7, 11) is 0. The first-order chi connectivity index (χ1) is 9.58. The molecule has 6 heteroatoms. The van der Waals surface area contributed by atoms with Crippen LogP contribution in [0, 0.1) is 0 Å². The van der Waals surface area contributed by atoms with Crippen molar-refractivity contribution >= 4 is 35.3 Å². The van der Waals surface area contributed by atoms with Crippen molar-refractivity contribution in [1.29, 1.82) is 0 Å². The number of amides is 1. The van der Waals surface area contributed by atoms with Crippen LogP contribution < -0.4 is 5.43 Å². The number of hydrogen-bond acceptors (Lipinski definition) is 3. The number of para-hydroxylation sites is 1. The number of benzene rings is 2. The smallest absolute Gasteiger partial charge is 0.275 e. The van der Waals surface area contributed by atoms with Gasteiger partial charge in [0, 0.05) is 0 Å². The van der Waals surface area contributed by atoms with Crippen LogP contribution in [0.15, 0.2) is 47.6 Å². The van der Waals surface area contributed by atoms with Gasteiger partial charge in [-0.2, -0.15) is 5.10 Å². The largest absolute Gasteiger partial charge is 0.507 e. The predicted octanol–water partition coefficient (Wildman–Crippen LogP) is 3.46. The van der Waals surface area contributed by atoms with E-state index in [9.17, 15) is 9.90 Å². The second kappa shape index (κ2) is 6.41. The minimum Gasteiger partial charge on any atom is -0.507 e. The van der Waals surface area contributed by atoms with Gasteiger partial charge >= 0.3 is 0 Å². The second-order valence-corrected chi connectivity index (χ2v) is 4.70. The topological polar surface area (TPSA) is 61.7 Å². The number of carbonyl (C=O) groups excluding carboxylic acids is 1. The van der Waals surface area contributed by atoms with Crippen molar-refractivity contribution in [2.45, 2.75) is 0 Å². The van der Waals surface area contributed by atoms with Crippen LogP contribution in [0.3, 0.4) is 0 Å². The molecule has 0 aliphatic rings. The van der Waals surface area contributed by atoms with E-state index in [1.165, 1.54) is 18.3 Å². The maximum absolute atomic E-state index is 11.7. The van der Waals surface area contributed by atoms with Gasteiger partial charge in [-0.15, -0.1) is 0 Å². The molecule has 0 saturated carbocycles. The average molecular weight is 309 g/mol. The molecule has 4 nitrogen and oxygen atoms in total. The Morgan fingerprint density at radius 3 is 2.60 bits per heavy atom. The number of hydrazone groups is 1. The van der Waals surface area contributed by atoms with Crippen LogP contribution in [0.5, 0.6) is 5.75 Å². The van der Waals surface area contributed by atoms with E-state index in [1.54, 1.807) is 30.3 Å². The third kappa shape index (κ3) is 3.50. The van der Waals surface area contributed by atoms with E-state index in [-0.39, 0.29) is 11.3 Å². The molecule has 0 saturated heterocycles. The van der Waals surface area contributed by atoms with Crippen LogP contribution in [0.2, 0.25) is 10.0 Å². The molecule has 1 amide bonds. The van der Waals surface area contributed by atoms with Crippen LogP contribution in [-0.4, -0.2) is 17.2 Å². The molecule has 2 aromatic carbocycles. The van der Waals surface area contributed by atoms with E-state index < -0.39 is 5.91 Å². The lowest BCUT2D eigenvalue weighted by Gasteiger charge is -2.02. The summed E-state index contributed by atoms with van der Waals surface area (Å²) >= 11 is 11.6. The molecule has 2 rings (SSSR count). The van der Waals surface area contributed by atoms with E-state index >= 15 is 0 Å². The number of nitrogens with zero attached hydrogens (tertiary/aromatic N) is 1. The van der Waals surface area contributed by atoms with Gasteiger partial charge in [-0.3, -0.25) is 4.79 Å². The Morgan fingerprint density at radius 1 is 1.15 bits per heavy atom. The molecule has 20 heavy (non-hydrogen) atoms. The zero-order chi connectivity index (χ0) is 14.5. The van der Waals surface area contributed by atoms with Crippen LogP contribution in [-0.2, 0) is 0 Å². The standard InChI is InChI=1S/C14H10Cl2N2O2/c15-11-6-5-9(7-12(11)16)8-17-18-14(20)10-3-1-2-4-13(10)19/h1-8,19H,(H,18,20)/b17-8+. The van der Waals surface area contributed by atoms with E-state index in [0.29, 0.717) is 15.6 Å². The molecule has 0 spiro atoms. The summed E-state index contributed by atoms with van der Waals surface area (Å²) in [5, 5.41) is 14.2. The number of nitrogens with one attached hydrogen (secondary N) is 1. The predicted molar refractivity (Wildman–Crippen MR) is 79.6 cm³/mol. The highest BCUT2D eigenvalue weighted by Crippen LogP contribution is 2.21. The van der Waals surface area contributed by atoms with Crippen molar-refractivity contribution in [3.63, 3.8) is 0 Å². The number of halogens is 2. The fraction of sp³-hybridized carbons (Fsp3) is 0. The Bertz CT molecular complexity index is 672. The Hall–Kier alpha value is -2.04. The number of rotatable bonds is 3. The van der Waals surface area contributed by atoms with Gasteiger partial charge in [0.15, 0.2) is 0 Å². The molecule has 0 heterocycles. The molecule has 0 unspecified atom stereocenters. The van der Waals surface area contributed by atoms with Gasteiger partial charge in [0.25, 0.3) is 5.91 Å². The van der Waals surface area contributed by atoms with Gasteiger partial charge in [-0.1, -0.05) is 41.4 Å². The lowest BCUT2D eigenvalue weighted by atomic mass is 10.2. The minimum atomic E-state index is -0.501. The van der Waals surface area contributed by atoms with Gasteiger partial charge in [0.1, 0.15) is 5.75 Å². The molecule has 0 fully saturated rings. The molecular formula is C14H10Cl2N2O2. The quantitative estimate of drug-likeness (QED) is 0.674. The molecule has 0 radical (unpaired) electrons. The van der Waals surface area contributed by atoms with E-state index in [2.05, 4.69) is 10.5 Å². The zero-order valence-corrected chi connectivity index (χ0v) is 11.7. The van der Waals surface area contributed by atoms with Crippen molar-refractivity contribution in [2.24, 2.45) is 5.10 Å². The second-order valence-electron chi connectivity index (χ2n) is 3.89. The van der Waals surface area contributed by atoms with Crippen molar-refractivity contribution in [3.8, 4) is 5.75 Å². The first-order valence-corrected chi connectivity index (χ1v) is 6.40. The monoisotopic (exact) mass is 308 g/mol. The molecule has 0 aliphatic carbocycles. The summed E-state index contributed by atoms with van der Waals surface area (Å²) in [6, 6.07) is 11.2. The summed E-state index contributed by atoms with van der Waals surface area (Å²) in [5.41, 5.74) is 3.16. The first-order valence-electron chi connectivity index (χ1n) is 5.64. The number of aromatic hydroxyl groups is 1.